The molecule has 2 N–H and O–H groups in total. The number of nitrogens with zero attached hydrogens (tertiary/aromatic N) is 1. The maximum atomic E-state index is 12.0. The second-order valence-corrected chi connectivity index (χ2v) is 6.02. The van der Waals surface area contributed by atoms with Crippen molar-refractivity contribution >= 4 is 34.5 Å². The Labute approximate surface area is 133 Å². The zero-order chi connectivity index (χ0) is 15.9. The van der Waals surface area contributed by atoms with Crippen molar-refractivity contribution in [1.82, 2.24) is 4.98 Å². The van der Waals surface area contributed by atoms with Crippen LogP contribution in [0.4, 0.5) is 11.4 Å². The number of anilines is 2. The van der Waals surface area contributed by atoms with Crippen LogP contribution in [0.2, 0.25) is 0 Å². The predicted molar refractivity (Wildman–Crippen MR) is 89.2 cm³/mol. The number of benzene rings is 1. The zero-order valence-corrected chi connectivity index (χ0v) is 13.5. The van der Waals surface area contributed by atoms with E-state index in [2.05, 4.69) is 15.6 Å². The van der Waals surface area contributed by atoms with Crippen LogP contribution in [-0.4, -0.2) is 16.8 Å². The van der Waals surface area contributed by atoms with E-state index in [1.807, 2.05) is 19.2 Å². The first-order valence-corrected chi connectivity index (χ1v) is 8.05. The minimum absolute atomic E-state index is 0.0241. The third kappa shape index (κ3) is 4.96. The van der Waals surface area contributed by atoms with Gasteiger partial charge in [-0.05, 0) is 31.5 Å². The van der Waals surface area contributed by atoms with Gasteiger partial charge in [0.2, 0.25) is 11.8 Å². The summed E-state index contributed by atoms with van der Waals surface area (Å²) in [5.41, 5.74) is 2.11. The molecule has 0 aliphatic carbocycles. The molecule has 0 fully saturated rings. The van der Waals surface area contributed by atoms with Gasteiger partial charge in [-0.1, -0.05) is 13.0 Å². The molecule has 0 unspecified atom stereocenters. The van der Waals surface area contributed by atoms with Crippen LogP contribution in [0.3, 0.4) is 0 Å². The Morgan fingerprint density at radius 3 is 2.45 bits per heavy atom. The van der Waals surface area contributed by atoms with E-state index < -0.39 is 0 Å². The first-order valence-electron chi connectivity index (χ1n) is 7.17. The smallest absolute Gasteiger partial charge is 0.230 e. The molecule has 0 saturated carbocycles. The number of carbonyl (C=O) groups is 2. The van der Waals surface area contributed by atoms with Crippen molar-refractivity contribution in [2.75, 3.05) is 10.6 Å². The second-order valence-electron chi connectivity index (χ2n) is 4.96. The van der Waals surface area contributed by atoms with Gasteiger partial charge in [0.25, 0.3) is 0 Å². The van der Waals surface area contributed by atoms with Crippen LogP contribution in [0.15, 0.2) is 29.6 Å². The third-order valence-corrected chi connectivity index (χ3v) is 3.74. The molecule has 0 atom stereocenters. The Bertz CT molecular complexity index is 667. The highest BCUT2D eigenvalue weighted by Crippen LogP contribution is 2.16. The van der Waals surface area contributed by atoms with E-state index in [-0.39, 0.29) is 18.2 Å². The Morgan fingerprint density at radius 1 is 1.18 bits per heavy atom. The van der Waals surface area contributed by atoms with Crippen molar-refractivity contribution < 1.29 is 9.59 Å². The Hall–Kier alpha value is -2.21. The molecule has 2 aromatic rings. The van der Waals surface area contributed by atoms with Crippen LogP contribution in [0, 0.1) is 6.92 Å². The van der Waals surface area contributed by atoms with E-state index in [4.69, 9.17) is 0 Å². The molecule has 0 spiro atoms. The predicted octanol–water partition coefficient (Wildman–Crippen LogP) is 3.37. The standard InChI is InChI=1S/C16H19N3O2S/c1-3-5-15(20)18-12-6-4-7-13(8-12)19-16(21)9-14-10-22-11(2)17-14/h4,6-8,10H,3,5,9H2,1-2H3,(H,18,20)(H,19,21). The number of hydrogen-bond acceptors (Lipinski definition) is 4. The van der Waals surface area contributed by atoms with E-state index in [0.717, 1.165) is 17.1 Å². The molecular formula is C16H19N3O2S. The largest absolute Gasteiger partial charge is 0.326 e. The number of aromatic nitrogens is 1. The molecule has 1 aromatic carbocycles. The van der Waals surface area contributed by atoms with Crippen LogP contribution in [0.25, 0.3) is 0 Å². The Balaban J connectivity index is 1.94. The molecule has 1 heterocycles. The van der Waals surface area contributed by atoms with E-state index in [0.29, 0.717) is 17.8 Å². The molecule has 2 rings (SSSR count). The van der Waals surface area contributed by atoms with Crippen molar-refractivity contribution in [1.29, 1.82) is 0 Å². The number of amides is 2. The fraction of sp³-hybridized carbons (Fsp3) is 0.312. The van der Waals surface area contributed by atoms with Gasteiger partial charge in [0.1, 0.15) is 0 Å². The molecule has 0 aliphatic heterocycles. The van der Waals surface area contributed by atoms with Crippen LogP contribution in [0.5, 0.6) is 0 Å². The summed E-state index contributed by atoms with van der Waals surface area (Å²) in [7, 11) is 0. The first kappa shape index (κ1) is 16.2. The third-order valence-electron chi connectivity index (χ3n) is 2.92. The minimum Gasteiger partial charge on any atom is -0.326 e. The summed E-state index contributed by atoms with van der Waals surface area (Å²) in [5, 5.41) is 8.46. The molecular weight excluding hydrogens is 298 g/mol. The SMILES string of the molecule is CCCC(=O)Nc1cccc(NC(=O)Cc2csc(C)n2)c1. The summed E-state index contributed by atoms with van der Waals surface area (Å²) in [6.45, 7) is 3.87. The summed E-state index contributed by atoms with van der Waals surface area (Å²) in [4.78, 5) is 27.8. The topological polar surface area (TPSA) is 71.1 Å². The van der Waals surface area contributed by atoms with Crippen LogP contribution >= 0.6 is 11.3 Å². The number of hydrogen-bond donors (Lipinski definition) is 2. The molecule has 22 heavy (non-hydrogen) atoms. The molecule has 0 bridgehead atoms. The van der Waals surface area contributed by atoms with Gasteiger partial charge in [0.15, 0.2) is 0 Å². The molecule has 0 saturated heterocycles. The Morgan fingerprint density at radius 2 is 1.86 bits per heavy atom. The highest BCUT2D eigenvalue weighted by Gasteiger charge is 2.08. The number of rotatable bonds is 6. The van der Waals surface area contributed by atoms with Gasteiger partial charge >= 0.3 is 0 Å². The van der Waals surface area contributed by atoms with Gasteiger partial charge in [-0.2, -0.15) is 0 Å². The molecule has 1 aromatic heterocycles. The van der Waals surface area contributed by atoms with Gasteiger partial charge in [0, 0.05) is 23.2 Å². The lowest BCUT2D eigenvalue weighted by molar-refractivity contribution is -0.116. The van der Waals surface area contributed by atoms with Crippen molar-refractivity contribution in [3.05, 3.63) is 40.3 Å². The summed E-state index contributed by atoms with van der Waals surface area (Å²) < 4.78 is 0. The number of aryl methyl sites for hydroxylation is 1. The summed E-state index contributed by atoms with van der Waals surface area (Å²) in [5.74, 6) is -0.147. The summed E-state index contributed by atoms with van der Waals surface area (Å²) in [6.07, 6.45) is 1.53. The van der Waals surface area contributed by atoms with Crippen molar-refractivity contribution in [3.8, 4) is 0 Å². The lowest BCUT2D eigenvalue weighted by atomic mass is 10.2. The van der Waals surface area contributed by atoms with Crippen molar-refractivity contribution in [2.45, 2.75) is 33.1 Å². The number of carbonyl (C=O) groups excluding carboxylic acids is 2. The maximum absolute atomic E-state index is 12.0. The van der Waals surface area contributed by atoms with E-state index >= 15 is 0 Å². The quantitative estimate of drug-likeness (QED) is 0.858. The van der Waals surface area contributed by atoms with E-state index in [9.17, 15) is 9.59 Å². The lowest BCUT2D eigenvalue weighted by Gasteiger charge is -2.08. The normalized spacial score (nSPS) is 10.3. The Kier molecular flexibility index (Phi) is 5.66. The van der Waals surface area contributed by atoms with Gasteiger partial charge in [-0.25, -0.2) is 4.98 Å². The fourth-order valence-electron chi connectivity index (χ4n) is 1.98. The maximum Gasteiger partial charge on any atom is 0.230 e. The average molecular weight is 317 g/mol. The minimum atomic E-state index is -0.123. The van der Waals surface area contributed by atoms with Crippen LogP contribution < -0.4 is 10.6 Å². The van der Waals surface area contributed by atoms with Gasteiger partial charge in [-0.3, -0.25) is 9.59 Å². The molecule has 6 heteroatoms. The van der Waals surface area contributed by atoms with E-state index in [1.165, 1.54) is 11.3 Å². The monoisotopic (exact) mass is 317 g/mol. The number of nitrogens with one attached hydrogen (secondary N) is 2. The molecule has 0 radical (unpaired) electrons. The molecule has 2 amide bonds. The number of thiazole rings is 1. The van der Waals surface area contributed by atoms with Gasteiger partial charge in [0.05, 0.1) is 17.1 Å². The zero-order valence-electron chi connectivity index (χ0n) is 12.7. The highest BCUT2D eigenvalue weighted by molar-refractivity contribution is 7.09. The summed E-state index contributed by atoms with van der Waals surface area (Å²) >= 11 is 1.53. The van der Waals surface area contributed by atoms with Gasteiger partial charge in [-0.15, -0.1) is 11.3 Å². The molecule has 0 aliphatic rings. The molecule has 5 nitrogen and oxygen atoms in total. The van der Waals surface area contributed by atoms with Crippen molar-refractivity contribution in [3.63, 3.8) is 0 Å². The lowest BCUT2D eigenvalue weighted by Crippen LogP contribution is -2.15. The van der Waals surface area contributed by atoms with Crippen LogP contribution in [0.1, 0.15) is 30.5 Å². The second kappa shape index (κ2) is 7.70. The van der Waals surface area contributed by atoms with Crippen LogP contribution in [-0.2, 0) is 16.0 Å². The van der Waals surface area contributed by atoms with Gasteiger partial charge < -0.3 is 10.6 Å². The fourth-order valence-corrected chi connectivity index (χ4v) is 2.60. The van der Waals surface area contributed by atoms with E-state index in [1.54, 1.807) is 24.3 Å². The average Bonchev–Trinajstić information content (AvgIpc) is 2.84. The first-order chi connectivity index (χ1) is 10.6. The van der Waals surface area contributed by atoms with Crippen molar-refractivity contribution in [2.24, 2.45) is 0 Å². The molecule has 116 valence electrons. The highest BCUT2D eigenvalue weighted by atomic mass is 32.1. The summed E-state index contributed by atoms with van der Waals surface area (Å²) in [6, 6.07) is 7.13.